The molecule has 5 nitrogen and oxygen atoms in total. The van der Waals surface area contributed by atoms with Gasteiger partial charge in [-0.1, -0.05) is 18.0 Å². The van der Waals surface area contributed by atoms with Crippen molar-refractivity contribution in [2.45, 2.75) is 32.1 Å². The van der Waals surface area contributed by atoms with Gasteiger partial charge in [0.05, 0.1) is 17.8 Å². The van der Waals surface area contributed by atoms with Crippen LogP contribution < -0.4 is 4.74 Å². The molecule has 0 unspecified atom stereocenters. The molecule has 23 heavy (non-hydrogen) atoms. The second-order valence-corrected chi connectivity index (χ2v) is 6.19. The van der Waals surface area contributed by atoms with Crippen LogP contribution in [0.5, 0.6) is 5.75 Å². The fraction of sp³-hybridized carbons (Fsp3) is 0.412. The third-order valence-corrected chi connectivity index (χ3v) is 4.77. The van der Waals surface area contributed by atoms with E-state index >= 15 is 0 Å². The standard InChI is InChI=1S/C17H19ClN2O3/c1-20-14(9-13(19-20)17(21)22)12-8-10-6-4-3-5-7-11(10)15(18)16(12)23-2/h8-9H,3-7H2,1-2H3,(H,21,22). The molecule has 0 radical (unpaired) electrons. The van der Waals surface area contributed by atoms with Gasteiger partial charge in [-0.15, -0.1) is 0 Å². The Morgan fingerprint density at radius 1 is 1.30 bits per heavy atom. The van der Waals surface area contributed by atoms with Crippen LogP contribution in [0.4, 0.5) is 0 Å². The highest BCUT2D eigenvalue weighted by atomic mass is 35.5. The van der Waals surface area contributed by atoms with Crippen LogP contribution in [0.15, 0.2) is 12.1 Å². The van der Waals surface area contributed by atoms with Crippen LogP contribution in [0.2, 0.25) is 5.02 Å². The number of hydrogen-bond donors (Lipinski definition) is 1. The van der Waals surface area contributed by atoms with Gasteiger partial charge in [0.15, 0.2) is 5.69 Å². The van der Waals surface area contributed by atoms with E-state index in [1.54, 1.807) is 24.9 Å². The number of carbonyl (C=O) groups is 1. The Balaban J connectivity index is 2.21. The van der Waals surface area contributed by atoms with E-state index in [9.17, 15) is 4.79 Å². The third-order valence-electron chi connectivity index (χ3n) is 4.37. The van der Waals surface area contributed by atoms with E-state index < -0.39 is 5.97 Å². The molecule has 1 aliphatic carbocycles. The van der Waals surface area contributed by atoms with Crippen LogP contribution in [0.1, 0.15) is 40.9 Å². The third kappa shape index (κ3) is 2.81. The molecule has 1 aromatic carbocycles. The molecule has 2 aromatic rings. The zero-order valence-electron chi connectivity index (χ0n) is 13.2. The Hall–Kier alpha value is -2.01. The first-order valence-corrected chi connectivity index (χ1v) is 8.06. The van der Waals surface area contributed by atoms with Gasteiger partial charge in [0.2, 0.25) is 0 Å². The number of halogens is 1. The molecule has 0 amide bonds. The maximum atomic E-state index is 11.2. The highest BCUT2D eigenvalue weighted by Crippen LogP contribution is 2.42. The normalized spacial score (nSPS) is 14.2. The summed E-state index contributed by atoms with van der Waals surface area (Å²) in [6.45, 7) is 0. The summed E-state index contributed by atoms with van der Waals surface area (Å²) in [6, 6.07) is 3.63. The average molecular weight is 335 g/mol. The second-order valence-electron chi connectivity index (χ2n) is 5.81. The predicted octanol–water partition coefficient (Wildman–Crippen LogP) is 3.72. The van der Waals surface area contributed by atoms with E-state index in [-0.39, 0.29) is 5.69 Å². The Labute approximate surface area is 139 Å². The number of ether oxygens (including phenoxy) is 1. The molecule has 1 N–H and O–H groups in total. The lowest BCUT2D eigenvalue weighted by atomic mass is 9.97. The number of methoxy groups -OCH3 is 1. The van der Waals surface area contributed by atoms with Crippen LogP contribution in [-0.4, -0.2) is 28.0 Å². The first-order chi connectivity index (χ1) is 11.0. The number of carboxylic acid groups (broad SMARTS) is 1. The van der Waals surface area contributed by atoms with Crippen molar-refractivity contribution in [1.82, 2.24) is 9.78 Å². The predicted molar refractivity (Wildman–Crippen MR) is 88.4 cm³/mol. The molecule has 1 aromatic heterocycles. The molecule has 0 fully saturated rings. The van der Waals surface area contributed by atoms with Gasteiger partial charge < -0.3 is 9.84 Å². The maximum absolute atomic E-state index is 11.2. The van der Waals surface area contributed by atoms with Gasteiger partial charge in [0.25, 0.3) is 0 Å². The van der Waals surface area contributed by atoms with E-state index in [1.165, 1.54) is 12.0 Å². The number of aromatic nitrogens is 2. The Morgan fingerprint density at radius 2 is 2.04 bits per heavy atom. The number of fused-ring (bicyclic) bond motifs is 1. The Morgan fingerprint density at radius 3 is 2.70 bits per heavy atom. The topological polar surface area (TPSA) is 64.3 Å². The smallest absolute Gasteiger partial charge is 0.356 e. The SMILES string of the molecule is COc1c(-c2cc(C(=O)O)nn2C)cc2c(c1Cl)CCCCC2. The van der Waals surface area contributed by atoms with Gasteiger partial charge in [-0.05, 0) is 48.9 Å². The van der Waals surface area contributed by atoms with Crippen molar-refractivity contribution >= 4 is 17.6 Å². The molecule has 122 valence electrons. The average Bonchev–Trinajstić information content (AvgIpc) is 2.75. The summed E-state index contributed by atoms with van der Waals surface area (Å²) in [6.07, 6.45) is 5.40. The van der Waals surface area contributed by atoms with Crippen molar-refractivity contribution in [3.8, 4) is 17.0 Å². The molecule has 1 aliphatic rings. The molecule has 1 heterocycles. The lowest BCUT2D eigenvalue weighted by molar-refractivity contribution is 0.0689. The summed E-state index contributed by atoms with van der Waals surface area (Å²) in [4.78, 5) is 11.2. The summed E-state index contributed by atoms with van der Waals surface area (Å²) >= 11 is 6.61. The van der Waals surface area contributed by atoms with Crippen molar-refractivity contribution in [2.75, 3.05) is 7.11 Å². The first kappa shape index (κ1) is 15.9. The summed E-state index contributed by atoms with van der Waals surface area (Å²) in [5.41, 5.74) is 3.87. The monoisotopic (exact) mass is 334 g/mol. The number of benzene rings is 1. The number of aromatic carboxylic acids is 1. The lowest BCUT2D eigenvalue weighted by Crippen LogP contribution is -2.02. The van der Waals surface area contributed by atoms with Crippen molar-refractivity contribution < 1.29 is 14.6 Å². The minimum Gasteiger partial charge on any atom is -0.494 e. The van der Waals surface area contributed by atoms with Crippen molar-refractivity contribution in [2.24, 2.45) is 7.05 Å². The zero-order chi connectivity index (χ0) is 16.6. The first-order valence-electron chi connectivity index (χ1n) is 7.69. The van der Waals surface area contributed by atoms with Gasteiger partial charge >= 0.3 is 5.97 Å². The van der Waals surface area contributed by atoms with Crippen molar-refractivity contribution in [3.63, 3.8) is 0 Å². The van der Waals surface area contributed by atoms with Crippen molar-refractivity contribution in [1.29, 1.82) is 0 Å². The molecule has 6 heteroatoms. The van der Waals surface area contributed by atoms with Crippen LogP contribution >= 0.6 is 11.6 Å². The molecule has 0 saturated carbocycles. The molecular formula is C17H19ClN2O3. The number of rotatable bonds is 3. The number of nitrogens with zero attached hydrogens (tertiary/aromatic N) is 2. The molecule has 0 atom stereocenters. The Bertz CT molecular complexity index is 768. The van der Waals surface area contributed by atoms with Crippen LogP contribution in [0, 0.1) is 0 Å². The summed E-state index contributed by atoms with van der Waals surface area (Å²) in [5, 5.41) is 13.8. The van der Waals surface area contributed by atoms with Gasteiger partial charge in [-0.2, -0.15) is 5.10 Å². The minimum absolute atomic E-state index is 0.00983. The molecule has 0 bridgehead atoms. The Kier molecular flexibility index (Phi) is 4.31. The summed E-state index contributed by atoms with van der Waals surface area (Å²) in [5.74, 6) is -0.459. The number of carboxylic acids is 1. The number of hydrogen-bond acceptors (Lipinski definition) is 3. The van der Waals surface area contributed by atoms with Crippen LogP contribution in [0.3, 0.4) is 0 Å². The van der Waals surface area contributed by atoms with Crippen LogP contribution in [0.25, 0.3) is 11.3 Å². The molecule has 0 aliphatic heterocycles. The number of aryl methyl sites for hydroxylation is 2. The second kappa shape index (κ2) is 6.24. The van der Waals surface area contributed by atoms with Gasteiger partial charge in [0.1, 0.15) is 5.75 Å². The fourth-order valence-electron chi connectivity index (χ4n) is 3.22. The molecule has 0 spiro atoms. The van der Waals surface area contributed by atoms with Crippen LogP contribution in [-0.2, 0) is 19.9 Å². The van der Waals surface area contributed by atoms with Gasteiger partial charge in [-0.3, -0.25) is 4.68 Å². The van der Waals surface area contributed by atoms with Gasteiger partial charge in [-0.25, -0.2) is 4.79 Å². The highest BCUT2D eigenvalue weighted by Gasteiger charge is 2.22. The minimum atomic E-state index is -1.05. The quantitative estimate of drug-likeness (QED) is 0.869. The lowest BCUT2D eigenvalue weighted by Gasteiger charge is -2.17. The largest absolute Gasteiger partial charge is 0.494 e. The van der Waals surface area contributed by atoms with E-state index in [4.69, 9.17) is 21.4 Å². The van der Waals surface area contributed by atoms with E-state index in [0.29, 0.717) is 16.5 Å². The van der Waals surface area contributed by atoms with E-state index in [2.05, 4.69) is 11.2 Å². The summed E-state index contributed by atoms with van der Waals surface area (Å²) < 4.78 is 7.10. The zero-order valence-corrected chi connectivity index (χ0v) is 14.0. The molecule has 3 rings (SSSR count). The molecule has 0 saturated heterocycles. The molecular weight excluding hydrogens is 316 g/mol. The van der Waals surface area contributed by atoms with E-state index in [0.717, 1.165) is 36.8 Å². The maximum Gasteiger partial charge on any atom is 0.356 e. The summed E-state index contributed by atoms with van der Waals surface area (Å²) in [7, 11) is 3.31. The highest BCUT2D eigenvalue weighted by molar-refractivity contribution is 6.33. The fourth-order valence-corrected chi connectivity index (χ4v) is 3.62. The van der Waals surface area contributed by atoms with E-state index in [1.807, 2.05) is 0 Å². The van der Waals surface area contributed by atoms with Gasteiger partial charge in [0, 0.05) is 12.6 Å². The van der Waals surface area contributed by atoms with Crippen molar-refractivity contribution in [3.05, 3.63) is 34.0 Å².